The second-order valence-electron chi connectivity index (χ2n) is 5.64. The van der Waals surface area contributed by atoms with E-state index in [1.165, 1.54) is 0 Å². The monoisotopic (exact) mass is 283 g/mol. The van der Waals surface area contributed by atoms with Gasteiger partial charge in [0.25, 0.3) is 0 Å². The van der Waals surface area contributed by atoms with Crippen molar-refractivity contribution < 1.29 is 19.1 Å². The molecule has 1 fully saturated rings. The molecule has 1 aliphatic rings. The third kappa shape index (κ3) is 6.17. The topological polar surface area (TPSA) is 63.7 Å². The van der Waals surface area contributed by atoms with E-state index in [1.807, 2.05) is 0 Å². The predicted molar refractivity (Wildman–Crippen MR) is 74.8 cm³/mol. The molecule has 5 nitrogen and oxygen atoms in total. The summed E-state index contributed by atoms with van der Waals surface area (Å²) in [6, 6.07) is 0. The van der Waals surface area contributed by atoms with Crippen LogP contribution in [0.2, 0.25) is 0 Å². The van der Waals surface area contributed by atoms with Crippen molar-refractivity contribution in [3.63, 3.8) is 0 Å². The largest absolute Gasteiger partial charge is 0.393 e. The van der Waals surface area contributed by atoms with Crippen LogP contribution in [0, 0.1) is 5.92 Å². The molecular weight excluding hydrogens is 258 g/mol. The molecule has 0 aliphatic carbocycles. The van der Waals surface area contributed by atoms with Crippen LogP contribution in [-0.4, -0.2) is 36.8 Å². The Labute approximate surface area is 120 Å². The Morgan fingerprint density at radius 2 is 1.70 bits per heavy atom. The highest BCUT2D eigenvalue weighted by Gasteiger charge is 2.32. The Kier molecular flexibility index (Phi) is 7.26. The maximum absolute atomic E-state index is 11.3. The second kappa shape index (κ2) is 8.72. The lowest BCUT2D eigenvalue weighted by atomic mass is 9.99. The standard InChI is InChI=1S/C15H25NO4/c1-16(2)13(17)10-8-6-4-3-5-7-9-12-11-14(18)20-15(12)19/h12H,3-11H2,1-2H3. The summed E-state index contributed by atoms with van der Waals surface area (Å²) in [6.45, 7) is 0. The summed E-state index contributed by atoms with van der Waals surface area (Å²) in [5.41, 5.74) is 0. The first-order valence-corrected chi connectivity index (χ1v) is 7.45. The van der Waals surface area contributed by atoms with Crippen LogP contribution in [0.15, 0.2) is 0 Å². The number of nitrogens with zero attached hydrogens (tertiary/aromatic N) is 1. The van der Waals surface area contributed by atoms with E-state index >= 15 is 0 Å². The molecule has 1 atom stereocenters. The van der Waals surface area contributed by atoms with Gasteiger partial charge in [0, 0.05) is 20.5 Å². The predicted octanol–water partition coefficient (Wildman–Crippen LogP) is 2.29. The highest BCUT2D eigenvalue weighted by Crippen LogP contribution is 2.22. The van der Waals surface area contributed by atoms with Gasteiger partial charge in [0.15, 0.2) is 0 Å². The molecule has 0 N–H and O–H groups in total. The van der Waals surface area contributed by atoms with E-state index in [0.717, 1.165) is 44.9 Å². The molecule has 20 heavy (non-hydrogen) atoms. The molecule has 0 bridgehead atoms. The number of carbonyl (C=O) groups is 3. The molecule has 1 rings (SSSR count). The lowest BCUT2D eigenvalue weighted by Gasteiger charge is -2.09. The van der Waals surface area contributed by atoms with E-state index in [4.69, 9.17) is 0 Å². The molecule has 1 saturated heterocycles. The number of hydrogen-bond acceptors (Lipinski definition) is 4. The number of cyclic esters (lactones) is 2. The lowest BCUT2D eigenvalue weighted by Crippen LogP contribution is -2.20. The fraction of sp³-hybridized carbons (Fsp3) is 0.800. The van der Waals surface area contributed by atoms with Crippen LogP contribution in [-0.2, 0) is 19.1 Å². The minimum atomic E-state index is -0.384. The Morgan fingerprint density at radius 1 is 1.10 bits per heavy atom. The Hall–Kier alpha value is -1.39. The molecule has 0 aromatic carbocycles. The zero-order valence-electron chi connectivity index (χ0n) is 12.5. The highest BCUT2D eigenvalue weighted by molar-refractivity contribution is 5.94. The normalized spacial score (nSPS) is 18.2. The van der Waals surface area contributed by atoms with Gasteiger partial charge in [0.2, 0.25) is 5.91 Å². The maximum atomic E-state index is 11.3. The molecule has 114 valence electrons. The summed E-state index contributed by atoms with van der Waals surface area (Å²) < 4.78 is 4.51. The average Bonchev–Trinajstić information content (AvgIpc) is 2.70. The first-order valence-electron chi connectivity index (χ1n) is 7.45. The zero-order chi connectivity index (χ0) is 15.0. The first-order chi connectivity index (χ1) is 9.50. The van der Waals surface area contributed by atoms with Crippen molar-refractivity contribution in [2.24, 2.45) is 5.92 Å². The van der Waals surface area contributed by atoms with Gasteiger partial charge in [0.05, 0.1) is 12.3 Å². The Balaban J connectivity index is 1.91. The van der Waals surface area contributed by atoms with E-state index in [2.05, 4.69) is 4.74 Å². The number of ether oxygens (including phenoxy) is 1. The van der Waals surface area contributed by atoms with Crippen molar-refractivity contribution in [3.05, 3.63) is 0 Å². The number of carbonyl (C=O) groups excluding carboxylic acids is 3. The zero-order valence-corrected chi connectivity index (χ0v) is 12.5. The number of unbranched alkanes of at least 4 members (excludes halogenated alkanes) is 5. The van der Waals surface area contributed by atoms with Crippen LogP contribution in [0.25, 0.3) is 0 Å². The summed E-state index contributed by atoms with van der Waals surface area (Å²) in [5, 5.41) is 0. The SMILES string of the molecule is CN(C)C(=O)CCCCCCCCC1CC(=O)OC1=O. The molecule has 0 spiro atoms. The molecule has 1 aliphatic heterocycles. The molecule has 0 radical (unpaired) electrons. The summed E-state index contributed by atoms with van der Waals surface area (Å²) in [7, 11) is 3.56. The summed E-state index contributed by atoms with van der Waals surface area (Å²) in [5.74, 6) is -0.752. The minimum absolute atomic E-state index is 0.189. The molecule has 0 aromatic rings. The first kappa shape index (κ1) is 16.7. The quantitative estimate of drug-likeness (QED) is 0.370. The van der Waals surface area contributed by atoms with Crippen LogP contribution < -0.4 is 0 Å². The Bertz CT molecular complexity index is 352. The summed E-state index contributed by atoms with van der Waals surface area (Å²) in [6.07, 6.45) is 7.92. The Morgan fingerprint density at radius 3 is 2.25 bits per heavy atom. The second-order valence-corrected chi connectivity index (χ2v) is 5.64. The number of rotatable bonds is 9. The number of esters is 2. The van der Waals surface area contributed by atoms with Crippen LogP contribution >= 0.6 is 0 Å². The van der Waals surface area contributed by atoms with Gasteiger partial charge in [-0.2, -0.15) is 0 Å². The molecule has 1 heterocycles. The molecule has 0 saturated carbocycles. The smallest absolute Gasteiger partial charge is 0.317 e. The maximum Gasteiger partial charge on any atom is 0.317 e. The van der Waals surface area contributed by atoms with Gasteiger partial charge in [0.1, 0.15) is 0 Å². The van der Waals surface area contributed by atoms with E-state index < -0.39 is 0 Å². The van der Waals surface area contributed by atoms with Crippen LogP contribution in [0.3, 0.4) is 0 Å². The van der Waals surface area contributed by atoms with Crippen molar-refractivity contribution in [1.29, 1.82) is 0 Å². The summed E-state index contributed by atoms with van der Waals surface area (Å²) >= 11 is 0. The van der Waals surface area contributed by atoms with Crippen LogP contribution in [0.4, 0.5) is 0 Å². The minimum Gasteiger partial charge on any atom is -0.393 e. The van der Waals surface area contributed by atoms with Gasteiger partial charge in [-0.1, -0.05) is 32.1 Å². The summed E-state index contributed by atoms with van der Waals surface area (Å²) in [4.78, 5) is 35.1. The van der Waals surface area contributed by atoms with E-state index in [-0.39, 0.29) is 30.2 Å². The van der Waals surface area contributed by atoms with Crippen LogP contribution in [0.1, 0.15) is 57.8 Å². The van der Waals surface area contributed by atoms with Crippen LogP contribution in [0.5, 0.6) is 0 Å². The third-order valence-corrected chi connectivity index (χ3v) is 3.65. The van der Waals surface area contributed by atoms with E-state index in [1.54, 1.807) is 19.0 Å². The van der Waals surface area contributed by atoms with Gasteiger partial charge in [-0.25, -0.2) is 0 Å². The lowest BCUT2D eigenvalue weighted by molar-refractivity contribution is -0.153. The number of amides is 1. The van der Waals surface area contributed by atoms with Crippen molar-refractivity contribution in [1.82, 2.24) is 4.90 Å². The fourth-order valence-corrected chi connectivity index (χ4v) is 2.34. The van der Waals surface area contributed by atoms with Gasteiger partial charge < -0.3 is 9.64 Å². The van der Waals surface area contributed by atoms with E-state index in [9.17, 15) is 14.4 Å². The van der Waals surface area contributed by atoms with Crippen molar-refractivity contribution in [2.45, 2.75) is 57.8 Å². The molecule has 0 aromatic heterocycles. The van der Waals surface area contributed by atoms with Gasteiger partial charge in [-0.3, -0.25) is 14.4 Å². The van der Waals surface area contributed by atoms with E-state index in [0.29, 0.717) is 6.42 Å². The molecule has 5 heteroatoms. The fourth-order valence-electron chi connectivity index (χ4n) is 2.34. The molecule has 1 amide bonds. The van der Waals surface area contributed by atoms with Gasteiger partial charge in [-0.15, -0.1) is 0 Å². The number of hydrogen-bond donors (Lipinski definition) is 0. The van der Waals surface area contributed by atoms with Gasteiger partial charge >= 0.3 is 11.9 Å². The van der Waals surface area contributed by atoms with Crippen molar-refractivity contribution in [2.75, 3.05) is 14.1 Å². The van der Waals surface area contributed by atoms with Crippen molar-refractivity contribution in [3.8, 4) is 0 Å². The van der Waals surface area contributed by atoms with Gasteiger partial charge in [-0.05, 0) is 12.8 Å². The third-order valence-electron chi connectivity index (χ3n) is 3.65. The highest BCUT2D eigenvalue weighted by atomic mass is 16.6. The molecule has 1 unspecified atom stereocenters. The van der Waals surface area contributed by atoms with Crippen molar-refractivity contribution >= 4 is 17.8 Å². The molecular formula is C15H25NO4. The average molecular weight is 283 g/mol.